The molecule has 2 nitrogen and oxygen atoms in total. The molecule has 2 aliphatic rings. The van der Waals surface area contributed by atoms with Gasteiger partial charge >= 0.3 is 0 Å². The molecule has 0 bridgehead atoms. The lowest BCUT2D eigenvalue weighted by atomic mass is 10.00. The Hall–Kier alpha value is -1.15. The summed E-state index contributed by atoms with van der Waals surface area (Å²) in [5.74, 6) is 1.37. The average molecular weight is 302 g/mol. The number of aliphatic hydroxyl groups excluding tert-OH is 1. The minimum absolute atomic E-state index is 0.207. The van der Waals surface area contributed by atoms with Crippen molar-refractivity contribution in [3.63, 3.8) is 0 Å². The van der Waals surface area contributed by atoms with E-state index in [1.807, 2.05) is 26.0 Å². The van der Waals surface area contributed by atoms with Gasteiger partial charge in [0.25, 0.3) is 0 Å². The lowest BCUT2D eigenvalue weighted by Gasteiger charge is -2.10. The number of hydrogen-bond donors (Lipinski definition) is 1. The maximum atomic E-state index is 12.3. The van der Waals surface area contributed by atoms with Crippen LogP contribution in [0.1, 0.15) is 60.3 Å². The lowest BCUT2D eigenvalue weighted by molar-refractivity contribution is -0.114. The van der Waals surface area contributed by atoms with E-state index in [-0.39, 0.29) is 5.78 Å². The summed E-state index contributed by atoms with van der Waals surface area (Å²) in [6.07, 6.45) is 8.95. The lowest BCUT2D eigenvalue weighted by Crippen LogP contribution is -2.05. The topological polar surface area (TPSA) is 37.3 Å². The molecule has 22 heavy (non-hydrogen) atoms. The molecule has 0 aliphatic heterocycles. The minimum atomic E-state index is -0.436. The number of Topliss-reactive ketones (excluding diaryl/α,β-unsaturated/α-hetero) is 1. The van der Waals surface area contributed by atoms with E-state index in [2.05, 4.69) is 26.8 Å². The Bertz CT molecular complexity index is 534. The first kappa shape index (κ1) is 17.2. The Morgan fingerprint density at radius 3 is 2.50 bits per heavy atom. The zero-order chi connectivity index (χ0) is 16.5. The maximum Gasteiger partial charge on any atom is 0.162 e. The van der Waals surface area contributed by atoms with Gasteiger partial charge in [-0.15, -0.1) is 0 Å². The molecule has 0 amide bonds. The average Bonchev–Trinajstić information content (AvgIpc) is 2.92. The number of rotatable bonds is 0. The van der Waals surface area contributed by atoms with Crippen LogP contribution >= 0.6 is 0 Å². The van der Waals surface area contributed by atoms with Crippen LogP contribution in [0.15, 0.2) is 34.9 Å². The summed E-state index contributed by atoms with van der Waals surface area (Å²) in [4.78, 5) is 12.3. The van der Waals surface area contributed by atoms with Crippen molar-refractivity contribution >= 4 is 5.78 Å². The van der Waals surface area contributed by atoms with Gasteiger partial charge < -0.3 is 5.11 Å². The predicted molar refractivity (Wildman–Crippen MR) is 91.5 cm³/mol. The fourth-order valence-corrected chi connectivity index (χ4v) is 3.73. The molecule has 2 rings (SSSR count). The molecule has 3 atom stereocenters. The van der Waals surface area contributed by atoms with E-state index in [9.17, 15) is 9.90 Å². The minimum Gasteiger partial charge on any atom is -0.389 e. The SMILES string of the molecule is CC1=CC(O)CC(C)=CCC(=O)C(C)=CC2C(CC1)C2(C)C. The first-order chi connectivity index (χ1) is 10.2. The van der Waals surface area contributed by atoms with Crippen molar-refractivity contribution in [2.45, 2.75) is 66.4 Å². The number of fused-ring (bicyclic) bond motifs is 1. The van der Waals surface area contributed by atoms with E-state index in [0.717, 1.165) is 24.0 Å². The predicted octanol–water partition coefficient (Wildman–Crippen LogP) is 4.60. The van der Waals surface area contributed by atoms with Crippen molar-refractivity contribution in [3.8, 4) is 0 Å². The number of hydrogen-bond acceptors (Lipinski definition) is 2. The number of allylic oxidation sites excluding steroid dienone is 4. The molecule has 0 aromatic rings. The Kier molecular flexibility index (Phi) is 5.11. The monoisotopic (exact) mass is 302 g/mol. The van der Waals surface area contributed by atoms with Gasteiger partial charge in [-0.2, -0.15) is 0 Å². The van der Waals surface area contributed by atoms with Gasteiger partial charge in [0.05, 0.1) is 6.10 Å². The van der Waals surface area contributed by atoms with E-state index >= 15 is 0 Å². The molecule has 1 fully saturated rings. The van der Waals surface area contributed by atoms with Gasteiger partial charge in [-0.1, -0.05) is 43.2 Å². The van der Waals surface area contributed by atoms with Crippen LogP contribution in [0, 0.1) is 17.3 Å². The van der Waals surface area contributed by atoms with Crippen molar-refractivity contribution in [1.29, 1.82) is 0 Å². The third-order valence-electron chi connectivity index (χ3n) is 5.50. The van der Waals surface area contributed by atoms with Gasteiger partial charge in [0.2, 0.25) is 0 Å². The van der Waals surface area contributed by atoms with Crippen molar-refractivity contribution in [3.05, 3.63) is 34.9 Å². The van der Waals surface area contributed by atoms with E-state index in [1.54, 1.807) is 0 Å². The van der Waals surface area contributed by atoms with Gasteiger partial charge in [0, 0.05) is 6.42 Å². The summed E-state index contributed by atoms with van der Waals surface area (Å²) >= 11 is 0. The third-order valence-corrected chi connectivity index (χ3v) is 5.50. The first-order valence-electron chi connectivity index (χ1n) is 8.44. The molecular weight excluding hydrogens is 272 g/mol. The molecule has 122 valence electrons. The zero-order valence-corrected chi connectivity index (χ0v) is 14.6. The second-order valence-electron chi connectivity index (χ2n) is 7.80. The highest BCUT2D eigenvalue weighted by molar-refractivity contribution is 5.95. The molecule has 0 saturated heterocycles. The molecular formula is C20H30O2. The highest BCUT2D eigenvalue weighted by Gasteiger charge is 2.55. The van der Waals surface area contributed by atoms with E-state index in [1.165, 1.54) is 5.57 Å². The molecule has 2 heteroatoms. The normalized spacial score (nSPS) is 33.1. The molecule has 0 aromatic heterocycles. The summed E-state index contributed by atoms with van der Waals surface area (Å²) in [7, 11) is 0. The smallest absolute Gasteiger partial charge is 0.162 e. The van der Waals surface area contributed by atoms with Crippen LogP contribution in [0.5, 0.6) is 0 Å². The first-order valence-corrected chi connectivity index (χ1v) is 8.44. The molecule has 1 N–H and O–H groups in total. The highest BCUT2D eigenvalue weighted by Crippen LogP contribution is 2.61. The summed E-state index contributed by atoms with van der Waals surface area (Å²) in [6.45, 7) is 10.6. The molecule has 0 aromatic carbocycles. The maximum absolute atomic E-state index is 12.3. The Morgan fingerprint density at radius 1 is 1.14 bits per heavy atom. The van der Waals surface area contributed by atoms with E-state index < -0.39 is 6.10 Å². The number of ketones is 1. The van der Waals surface area contributed by atoms with Crippen molar-refractivity contribution < 1.29 is 9.90 Å². The van der Waals surface area contributed by atoms with Crippen LogP contribution < -0.4 is 0 Å². The number of aliphatic hydroxyl groups is 1. The van der Waals surface area contributed by atoms with E-state index in [4.69, 9.17) is 0 Å². The van der Waals surface area contributed by atoms with Crippen LogP contribution in [0.4, 0.5) is 0 Å². The molecule has 0 spiro atoms. The largest absolute Gasteiger partial charge is 0.389 e. The van der Waals surface area contributed by atoms with E-state index in [0.29, 0.717) is 30.1 Å². The number of carbonyl (C=O) groups is 1. The third kappa shape index (κ3) is 3.98. The van der Waals surface area contributed by atoms with Gasteiger partial charge in [0.15, 0.2) is 5.78 Å². The van der Waals surface area contributed by atoms with Crippen molar-refractivity contribution in [2.24, 2.45) is 17.3 Å². The zero-order valence-electron chi connectivity index (χ0n) is 14.6. The van der Waals surface area contributed by atoms with Gasteiger partial charge in [0.1, 0.15) is 0 Å². The molecule has 1 saturated carbocycles. The van der Waals surface area contributed by atoms with Crippen molar-refractivity contribution in [1.82, 2.24) is 0 Å². The fourth-order valence-electron chi connectivity index (χ4n) is 3.73. The quantitative estimate of drug-likeness (QED) is 0.664. The highest BCUT2D eigenvalue weighted by atomic mass is 16.3. The standard InChI is InChI=1S/C20H30O2/c1-13-6-8-17-18(20(17,4)5)12-15(3)19(22)9-7-14(2)11-16(21)10-13/h7,10,12,16-18,21H,6,8-9,11H2,1-5H3. The molecule has 2 aliphatic carbocycles. The fraction of sp³-hybridized carbons (Fsp3) is 0.650. The molecule has 0 heterocycles. The van der Waals surface area contributed by atoms with Gasteiger partial charge in [-0.3, -0.25) is 4.79 Å². The van der Waals surface area contributed by atoms with Crippen LogP contribution in [-0.4, -0.2) is 17.0 Å². The van der Waals surface area contributed by atoms with Crippen LogP contribution in [0.25, 0.3) is 0 Å². The van der Waals surface area contributed by atoms with Gasteiger partial charge in [-0.25, -0.2) is 0 Å². The Balaban J connectivity index is 2.23. The second-order valence-corrected chi connectivity index (χ2v) is 7.80. The summed E-state index contributed by atoms with van der Waals surface area (Å²) in [5.41, 5.74) is 3.55. The number of carbonyl (C=O) groups excluding carboxylic acids is 1. The van der Waals surface area contributed by atoms with Gasteiger partial charge in [-0.05, 0) is 62.9 Å². The van der Waals surface area contributed by atoms with Crippen LogP contribution in [0.2, 0.25) is 0 Å². The Morgan fingerprint density at radius 2 is 1.82 bits per heavy atom. The second kappa shape index (κ2) is 6.54. The van der Waals surface area contributed by atoms with Crippen LogP contribution in [0.3, 0.4) is 0 Å². The summed E-state index contributed by atoms with van der Waals surface area (Å²) in [5, 5.41) is 10.1. The summed E-state index contributed by atoms with van der Waals surface area (Å²) in [6, 6.07) is 0. The summed E-state index contributed by atoms with van der Waals surface area (Å²) < 4.78 is 0. The van der Waals surface area contributed by atoms with Crippen molar-refractivity contribution in [2.75, 3.05) is 0 Å². The Labute approximate surface area is 135 Å². The van der Waals surface area contributed by atoms with Crippen LogP contribution in [-0.2, 0) is 4.79 Å². The molecule has 0 radical (unpaired) electrons. The molecule has 3 unspecified atom stereocenters.